The first kappa shape index (κ1) is 16.9. The smallest absolute Gasteiger partial charge is 0.296 e. The molecule has 1 heterocycles. The molecule has 1 aromatic carbocycles. The fourth-order valence-corrected chi connectivity index (χ4v) is 3.48. The van der Waals surface area contributed by atoms with Crippen molar-refractivity contribution in [3.63, 3.8) is 0 Å². The molecule has 0 radical (unpaired) electrons. The molecular weight excluding hydrogens is 331 g/mol. The second-order valence-corrected chi connectivity index (χ2v) is 6.05. The molecule has 25 heavy (non-hydrogen) atoms. The van der Waals surface area contributed by atoms with Crippen LogP contribution >= 0.6 is 0 Å². The van der Waals surface area contributed by atoms with Crippen molar-refractivity contribution in [3.8, 4) is 5.75 Å². The maximum atomic E-state index is 14.3. The van der Waals surface area contributed by atoms with Crippen molar-refractivity contribution in [2.75, 3.05) is 12.0 Å². The fraction of sp³-hybridized carbons (Fsp3) is 0.467. The van der Waals surface area contributed by atoms with Gasteiger partial charge < -0.3 is 16.2 Å². The minimum absolute atomic E-state index is 0.0114. The first-order valence-corrected chi connectivity index (χ1v) is 7.89. The summed E-state index contributed by atoms with van der Waals surface area (Å²) in [7, 11) is 1.24. The number of guanidine groups is 2. The molecule has 10 heteroatoms. The number of halogens is 1. The Morgan fingerprint density at radius 2 is 2.00 bits per heavy atom. The van der Waals surface area contributed by atoms with Crippen LogP contribution in [0, 0.1) is 15.9 Å². The van der Waals surface area contributed by atoms with Crippen LogP contribution in [-0.2, 0) is 0 Å². The highest BCUT2D eigenvalue weighted by atomic mass is 19.1. The molecule has 3 rings (SSSR count). The van der Waals surface area contributed by atoms with Gasteiger partial charge in [-0.2, -0.15) is 4.99 Å². The summed E-state index contributed by atoms with van der Waals surface area (Å²) in [6.07, 6.45) is 3.91. The number of anilines is 1. The summed E-state index contributed by atoms with van der Waals surface area (Å²) in [6.45, 7) is 0. The molecule has 134 valence electrons. The van der Waals surface area contributed by atoms with Crippen LogP contribution in [0.4, 0.5) is 15.8 Å². The van der Waals surface area contributed by atoms with Crippen molar-refractivity contribution in [1.29, 1.82) is 0 Å². The van der Waals surface area contributed by atoms with Crippen molar-refractivity contribution >= 4 is 23.3 Å². The number of nitro benzene ring substituents is 1. The van der Waals surface area contributed by atoms with E-state index in [9.17, 15) is 14.5 Å². The van der Waals surface area contributed by atoms with Crippen LogP contribution in [0.3, 0.4) is 0 Å². The Morgan fingerprint density at radius 3 is 2.60 bits per heavy atom. The zero-order chi connectivity index (χ0) is 18.2. The van der Waals surface area contributed by atoms with Gasteiger partial charge in [0.1, 0.15) is 11.4 Å². The number of aliphatic imine (C=N–C) groups is 2. The SMILES string of the molecule is COc1cc([N+](=O)[O-])c(N2C(N)=NC(N)=NC23CCCCC3)cc1F. The van der Waals surface area contributed by atoms with Gasteiger partial charge in [-0.1, -0.05) is 6.42 Å². The topological polar surface area (TPSA) is 132 Å². The van der Waals surface area contributed by atoms with E-state index in [0.29, 0.717) is 12.8 Å². The predicted molar refractivity (Wildman–Crippen MR) is 91.1 cm³/mol. The van der Waals surface area contributed by atoms with E-state index in [1.807, 2.05) is 0 Å². The number of methoxy groups -OCH3 is 1. The monoisotopic (exact) mass is 350 g/mol. The first-order valence-electron chi connectivity index (χ1n) is 7.89. The number of nitrogens with zero attached hydrogens (tertiary/aromatic N) is 4. The van der Waals surface area contributed by atoms with Crippen LogP contribution < -0.4 is 21.1 Å². The molecule has 0 bridgehead atoms. The lowest BCUT2D eigenvalue weighted by molar-refractivity contribution is -0.384. The molecule has 1 aliphatic heterocycles. The van der Waals surface area contributed by atoms with Gasteiger partial charge in [-0.25, -0.2) is 9.38 Å². The van der Waals surface area contributed by atoms with Crippen LogP contribution in [0.5, 0.6) is 5.75 Å². The van der Waals surface area contributed by atoms with Gasteiger partial charge in [-0.3, -0.25) is 15.0 Å². The number of nitro groups is 1. The summed E-state index contributed by atoms with van der Waals surface area (Å²) >= 11 is 0. The summed E-state index contributed by atoms with van der Waals surface area (Å²) in [5.74, 6) is -0.970. The Labute approximate surface area is 143 Å². The largest absolute Gasteiger partial charge is 0.493 e. The van der Waals surface area contributed by atoms with E-state index in [2.05, 4.69) is 9.98 Å². The van der Waals surface area contributed by atoms with E-state index in [0.717, 1.165) is 31.4 Å². The van der Waals surface area contributed by atoms with Crippen LogP contribution in [0.1, 0.15) is 32.1 Å². The highest BCUT2D eigenvalue weighted by Gasteiger charge is 2.45. The standard InChI is InChI=1S/C15H19FN6O3/c1-25-12-8-11(22(23)24)10(7-9(12)16)21-14(18)19-13(17)20-15(21)5-3-2-4-6-15/h7-8H,2-6H2,1H3,(H4,17,18,19,20). The molecule has 1 aromatic rings. The summed E-state index contributed by atoms with van der Waals surface area (Å²) in [5.41, 5.74) is 10.6. The Morgan fingerprint density at radius 1 is 1.32 bits per heavy atom. The third-order valence-corrected chi connectivity index (χ3v) is 4.54. The van der Waals surface area contributed by atoms with Crippen molar-refractivity contribution in [3.05, 3.63) is 28.1 Å². The highest BCUT2D eigenvalue weighted by molar-refractivity contribution is 6.06. The van der Waals surface area contributed by atoms with Crippen LogP contribution in [-0.4, -0.2) is 29.6 Å². The molecule has 2 aliphatic rings. The summed E-state index contributed by atoms with van der Waals surface area (Å²) < 4.78 is 19.1. The maximum Gasteiger partial charge on any atom is 0.296 e. The van der Waals surface area contributed by atoms with Crippen LogP contribution in [0.2, 0.25) is 0 Å². The minimum Gasteiger partial charge on any atom is -0.493 e. The number of hydrogen-bond donors (Lipinski definition) is 2. The first-order chi connectivity index (χ1) is 11.9. The Balaban J connectivity index is 2.20. The molecule has 1 saturated carbocycles. The summed E-state index contributed by atoms with van der Waals surface area (Å²) in [6, 6.07) is 2.07. The van der Waals surface area contributed by atoms with Gasteiger partial charge in [-0.15, -0.1) is 0 Å². The summed E-state index contributed by atoms with van der Waals surface area (Å²) in [5, 5.41) is 11.5. The van der Waals surface area contributed by atoms with Crippen molar-refractivity contribution < 1.29 is 14.1 Å². The molecule has 0 amide bonds. The van der Waals surface area contributed by atoms with Gasteiger partial charge in [0.15, 0.2) is 11.6 Å². The van der Waals surface area contributed by atoms with E-state index < -0.39 is 16.4 Å². The van der Waals surface area contributed by atoms with E-state index in [1.54, 1.807) is 0 Å². The van der Waals surface area contributed by atoms with Gasteiger partial charge in [0, 0.05) is 6.07 Å². The van der Waals surface area contributed by atoms with Gasteiger partial charge in [0.2, 0.25) is 11.9 Å². The maximum absolute atomic E-state index is 14.3. The van der Waals surface area contributed by atoms with E-state index in [1.165, 1.54) is 12.0 Å². The number of hydrogen-bond acceptors (Lipinski definition) is 8. The fourth-order valence-electron chi connectivity index (χ4n) is 3.48. The molecule has 9 nitrogen and oxygen atoms in total. The van der Waals surface area contributed by atoms with Crippen molar-refractivity contribution in [1.82, 2.24) is 0 Å². The predicted octanol–water partition coefficient (Wildman–Crippen LogP) is 1.85. The lowest BCUT2D eigenvalue weighted by Gasteiger charge is -2.45. The average molecular weight is 350 g/mol. The molecule has 0 unspecified atom stereocenters. The average Bonchev–Trinajstić information content (AvgIpc) is 2.54. The number of benzene rings is 1. The molecule has 0 saturated heterocycles. The van der Waals surface area contributed by atoms with Gasteiger partial charge in [0.05, 0.1) is 18.1 Å². The number of rotatable bonds is 3. The third-order valence-electron chi connectivity index (χ3n) is 4.54. The number of nitrogens with two attached hydrogens (primary N) is 2. The van der Waals surface area contributed by atoms with E-state index in [4.69, 9.17) is 16.2 Å². The van der Waals surface area contributed by atoms with Crippen molar-refractivity contribution in [2.45, 2.75) is 37.8 Å². The molecule has 0 atom stereocenters. The highest BCUT2D eigenvalue weighted by Crippen LogP contribution is 2.44. The Bertz CT molecular complexity index is 773. The lowest BCUT2D eigenvalue weighted by atomic mass is 9.87. The van der Waals surface area contributed by atoms with Gasteiger partial charge in [-0.05, 0) is 25.7 Å². The molecule has 4 N–H and O–H groups in total. The minimum atomic E-state index is -0.889. The molecular formula is C15H19FN6O3. The van der Waals surface area contributed by atoms with Crippen LogP contribution in [0.15, 0.2) is 22.1 Å². The van der Waals surface area contributed by atoms with Gasteiger partial charge in [0.25, 0.3) is 5.69 Å². The van der Waals surface area contributed by atoms with E-state index >= 15 is 0 Å². The number of ether oxygens (including phenoxy) is 1. The van der Waals surface area contributed by atoms with E-state index in [-0.39, 0.29) is 29.0 Å². The van der Waals surface area contributed by atoms with Crippen molar-refractivity contribution in [2.24, 2.45) is 21.5 Å². The van der Waals surface area contributed by atoms with Gasteiger partial charge >= 0.3 is 0 Å². The third kappa shape index (κ3) is 2.83. The quantitative estimate of drug-likeness (QED) is 0.631. The summed E-state index contributed by atoms with van der Waals surface area (Å²) in [4.78, 5) is 20.7. The zero-order valence-corrected chi connectivity index (χ0v) is 13.7. The molecule has 0 aromatic heterocycles. The lowest BCUT2D eigenvalue weighted by Crippen LogP contribution is -2.58. The molecule has 1 fully saturated rings. The second kappa shape index (κ2) is 6.19. The Kier molecular flexibility index (Phi) is 4.19. The second-order valence-electron chi connectivity index (χ2n) is 6.05. The van der Waals surface area contributed by atoms with Crippen LogP contribution in [0.25, 0.3) is 0 Å². The Hall–Kier alpha value is -2.91. The molecule has 1 spiro atoms. The normalized spacial score (nSPS) is 19.4. The molecule has 1 aliphatic carbocycles. The zero-order valence-electron chi connectivity index (χ0n) is 13.7.